The molecule has 0 fully saturated rings. The molecule has 0 unspecified atom stereocenters. The molecule has 1 amide bonds. The number of benzene rings is 2. The molecule has 1 N–H and O–H groups in total. The summed E-state index contributed by atoms with van der Waals surface area (Å²) in [6.07, 6.45) is 4.88. The highest BCUT2D eigenvalue weighted by molar-refractivity contribution is 5.92. The number of nitrogens with zero attached hydrogens (tertiary/aromatic N) is 3. The van der Waals surface area contributed by atoms with Gasteiger partial charge in [0.25, 0.3) is 0 Å². The molecule has 4 rings (SSSR count). The third-order valence-corrected chi connectivity index (χ3v) is 4.73. The highest BCUT2D eigenvalue weighted by Gasteiger charge is 2.10. The van der Waals surface area contributed by atoms with E-state index in [1.165, 1.54) is 6.20 Å². The van der Waals surface area contributed by atoms with E-state index in [1.54, 1.807) is 36.7 Å². The van der Waals surface area contributed by atoms with Crippen molar-refractivity contribution in [1.29, 1.82) is 0 Å². The van der Waals surface area contributed by atoms with Gasteiger partial charge in [-0.2, -0.15) is 0 Å². The zero-order valence-corrected chi connectivity index (χ0v) is 17.7. The van der Waals surface area contributed by atoms with Gasteiger partial charge in [-0.1, -0.05) is 23.4 Å². The first-order chi connectivity index (χ1) is 15.6. The number of rotatable bonds is 8. The second-order valence-electron chi connectivity index (χ2n) is 7.13. The predicted octanol–water partition coefficient (Wildman–Crippen LogP) is 4.63. The van der Waals surface area contributed by atoms with Crippen molar-refractivity contribution in [3.8, 4) is 17.4 Å². The van der Waals surface area contributed by atoms with E-state index < -0.39 is 0 Å². The van der Waals surface area contributed by atoms with Crippen LogP contribution in [0.1, 0.15) is 22.6 Å². The van der Waals surface area contributed by atoms with E-state index in [1.807, 2.05) is 38.1 Å². The SMILES string of the molecule is Cc1noc(C)c1COc1ccc(CC(=O)Nc2cccc(Oc3cnccn3)c2)cc1. The van der Waals surface area contributed by atoms with Gasteiger partial charge in [0.1, 0.15) is 23.9 Å². The van der Waals surface area contributed by atoms with Crippen LogP contribution >= 0.6 is 0 Å². The van der Waals surface area contributed by atoms with E-state index in [2.05, 4.69) is 20.4 Å². The van der Waals surface area contributed by atoms with E-state index in [0.717, 1.165) is 22.6 Å². The zero-order chi connectivity index (χ0) is 22.3. The van der Waals surface area contributed by atoms with Crippen LogP contribution in [-0.4, -0.2) is 21.0 Å². The highest BCUT2D eigenvalue weighted by atomic mass is 16.5. The van der Waals surface area contributed by atoms with Crippen LogP contribution in [0.5, 0.6) is 17.4 Å². The standard InChI is InChI=1S/C24H22N4O4/c1-16-22(17(2)32-28-16)15-30-20-8-6-18(7-9-20)12-23(29)27-19-4-3-5-21(13-19)31-24-14-25-10-11-26-24/h3-11,13-14H,12,15H2,1-2H3,(H,27,29). The fourth-order valence-corrected chi connectivity index (χ4v) is 3.05. The van der Waals surface area contributed by atoms with Gasteiger partial charge in [-0.3, -0.25) is 9.78 Å². The Morgan fingerprint density at radius 1 is 1.06 bits per heavy atom. The molecule has 0 aliphatic rings. The van der Waals surface area contributed by atoms with Crippen LogP contribution in [0.4, 0.5) is 5.69 Å². The largest absolute Gasteiger partial charge is 0.489 e. The van der Waals surface area contributed by atoms with Crippen molar-refractivity contribution in [1.82, 2.24) is 15.1 Å². The molecule has 0 spiro atoms. The smallest absolute Gasteiger partial charge is 0.237 e. The molecule has 4 aromatic rings. The Morgan fingerprint density at radius 2 is 1.91 bits per heavy atom. The first-order valence-corrected chi connectivity index (χ1v) is 10.0. The molecule has 2 heterocycles. The van der Waals surface area contributed by atoms with Crippen LogP contribution in [0, 0.1) is 13.8 Å². The lowest BCUT2D eigenvalue weighted by Crippen LogP contribution is -2.14. The van der Waals surface area contributed by atoms with Crippen molar-refractivity contribution < 1.29 is 18.8 Å². The number of amides is 1. The number of hydrogen-bond acceptors (Lipinski definition) is 7. The van der Waals surface area contributed by atoms with Gasteiger partial charge in [0, 0.05) is 24.1 Å². The monoisotopic (exact) mass is 430 g/mol. The van der Waals surface area contributed by atoms with Crippen LogP contribution < -0.4 is 14.8 Å². The van der Waals surface area contributed by atoms with E-state index in [4.69, 9.17) is 14.0 Å². The average molecular weight is 430 g/mol. The molecule has 162 valence electrons. The lowest BCUT2D eigenvalue weighted by molar-refractivity contribution is -0.115. The van der Waals surface area contributed by atoms with Crippen molar-refractivity contribution in [2.45, 2.75) is 26.9 Å². The maximum Gasteiger partial charge on any atom is 0.237 e. The summed E-state index contributed by atoms with van der Waals surface area (Å²) in [4.78, 5) is 20.5. The molecular weight excluding hydrogens is 408 g/mol. The zero-order valence-electron chi connectivity index (χ0n) is 17.7. The van der Waals surface area contributed by atoms with Crippen LogP contribution in [0.3, 0.4) is 0 Å². The third-order valence-electron chi connectivity index (χ3n) is 4.73. The van der Waals surface area contributed by atoms with E-state index in [0.29, 0.717) is 29.7 Å². The summed E-state index contributed by atoms with van der Waals surface area (Å²) in [6.45, 7) is 4.13. The topological polar surface area (TPSA) is 99.4 Å². The molecule has 0 aliphatic carbocycles. The van der Waals surface area contributed by atoms with Crippen molar-refractivity contribution in [2.75, 3.05) is 5.32 Å². The summed E-state index contributed by atoms with van der Waals surface area (Å²) in [5.41, 5.74) is 3.27. The quantitative estimate of drug-likeness (QED) is 0.435. The molecule has 0 aliphatic heterocycles. The summed E-state index contributed by atoms with van der Waals surface area (Å²) < 4.78 is 16.6. The molecule has 0 atom stereocenters. The predicted molar refractivity (Wildman–Crippen MR) is 118 cm³/mol. The molecule has 0 saturated carbocycles. The molecular formula is C24H22N4O4. The molecule has 0 bridgehead atoms. The fraction of sp³-hybridized carbons (Fsp3) is 0.167. The lowest BCUT2D eigenvalue weighted by Gasteiger charge is -2.09. The second kappa shape index (κ2) is 9.74. The van der Waals surface area contributed by atoms with Gasteiger partial charge >= 0.3 is 0 Å². The van der Waals surface area contributed by atoms with E-state index in [9.17, 15) is 4.79 Å². The molecule has 2 aromatic carbocycles. The number of carbonyl (C=O) groups is 1. The summed E-state index contributed by atoms with van der Waals surface area (Å²) in [6, 6.07) is 14.5. The van der Waals surface area contributed by atoms with Gasteiger partial charge in [0.2, 0.25) is 11.8 Å². The fourth-order valence-electron chi connectivity index (χ4n) is 3.05. The van der Waals surface area contributed by atoms with Crippen molar-refractivity contribution in [3.05, 3.63) is 89.7 Å². The van der Waals surface area contributed by atoms with Crippen LogP contribution in [0.2, 0.25) is 0 Å². The van der Waals surface area contributed by atoms with Gasteiger partial charge in [-0.25, -0.2) is 4.98 Å². The molecule has 8 heteroatoms. The lowest BCUT2D eigenvalue weighted by atomic mass is 10.1. The maximum absolute atomic E-state index is 12.5. The maximum atomic E-state index is 12.5. The molecule has 0 radical (unpaired) electrons. The Labute approximate surface area is 185 Å². The van der Waals surface area contributed by atoms with Gasteiger partial charge in [-0.15, -0.1) is 0 Å². The van der Waals surface area contributed by atoms with Crippen LogP contribution in [-0.2, 0) is 17.8 Å². The van der Waals surface area contributed by atoms with Crippen molar-refractivity contribution >= 4 is 11.6 Å². The molecule has 2 aromatic heterocycles. The molecule has 8 nitrogen and oxygen atoms in total. The first kappa shape index (κ1) is 21.0. The highest BCUT2D eigenvalue weighted by Crippen LogP contribution is 2.22. The summed E-state index contributed by atoms with van der Waals surface area (Å²) in [5.74, 6) is 2.27. The number of aryl methyl sites for hydroxylation is 2. The summed E-state index contributed by atoms with van der Waals surface area (Å²) in [5, 5.41) is 6.81. The van der Waals surface area contributed by atoms with E-state index >= 15 is 0 Å². The Bertz CT molecular complexity index is 1170. The number of aromatic nitrogens is 3. The number of carbonyl (C=O) groups excluding carboxylic acids is 1. The Morgan fingerprint density at radius 3 is 2.62 bits per heavy atom. The minimum atomic E-state index is -0.133. The number of hydrogen-bond donors (Lipinski definition) is 1. The third kappa shape index (κ3) is 5.48. The second-order valence-corrected chi connectivity index (χ2v) is 7.13. The number of nitrogens with one attached hydrogen (secondary N) is 1. The van der Waals surface area contributed by atoms with Crippen molar-refractivity contribution in [3.63, 3.8) is 0 Å². The van der Waals surface area contributed by atoms with Crippen molar-refractivity contribution in [2.24, 2.45) is 0 Å². The normalized spacial score (nSPS) is 10.6. The van der Waals surface area contributed by atoms with Crippen LogP contribution in [0.15, 0.2) is 71.6 Å². The Hall–Kier alpha value is -4.20. The number of anilines is 1. The number of ether oxygens (including phenoxy) is 2. The first-order valence-electron chi connectivity index (χ1n) is 10.0. The Balaban J connectivity index is 1.31. The van der Waals surface area contributed by atoms with Gasteiger partial charge < -0.3 is 19.3 Å². The Kier molecular flexibility index (Phi) is 6.41. The van der Waals surface area contributed by atoms with Gasteiger partial charge in [0.05, 0.1) is 23.9 Å². The van der Waals surface area contributed by atoms with Gasteiger partial charge in [-0.05, 0) is 43.7 Å². The van der Waals surface area contributed by atoms with Crippen LogP contribution in [0.25, 0.3) is 0 Å². The summed E-state index contributed by atoms with van der Waals surface area (Å²) >= 11 is 0. The molecule has 0 saturated heterocycles. The average Bonchev–Trinajstić information content (AvgIpc) is 3.11. The minimum absolute atomic E-state index is 0.133. The summed E-state index contributed by atoms with van der Waals surface area (Å²) in [7, 11) is 0. The molecule has 32 heavy (non-hydrogen) atoms. The minimum Gasteiger partial charge on any atom is -0.489 e. The van der Waals surface area contributed by atoms with E-state index in [-0.39, 0.29) is 12.3 Å². The van der Waals surface area contributed by atoms with Gasteiger partial charge in [0.15, 0.2) is 0 Å².